The first-order valence-electron chi connectivity index (χ1n) is 28.7. The van der Waals surface area contributed by atoms with Crippen molar-refractivity contribution in [2.45, 2.75) is 242 Å². The zero-order valence-corrected chi connectivity index (χ0v) is 48.4. The molecule has 0 aromatic carbocycles. The van der Waals surface area contributed by atoms with Crippen molar-refractivity contribution in [3.63, 3.8) is 0 Å². The summed E-state index contributed by atoms with van der Waals surface area (Å²) in [5.74, 6) is -1.86. The molecule has 0 radical (unpaired) electrons. The van der Waals surface area contributed by atoms with E-state index in [2.05, 4.69) is 16.0 Å². The highest BCUT2D eigenvalue weighted by molar-refractivity contribution is 5.73. The summed E-state index contributed by atoms with van der Waals surface area (Å²) in [6.45, 7) is -4.16. The molecular formula is C50H85N3O37. The molecule has 0 unspecified atom stereocenters. The predicted molar refractivity (Wildman–Crippen MR) is 277 cm³/mol. The molecule has 40 heteroatoms. The Morgan fingerprint density at radius 2 is 0.722 bits per heavy atom. The second-order valence-electron chi connectivity index (χ2n) is 22.5. The highest BCUT2D eigenvalue weighted by atomic mass is 16.8. The van der Waals surface area contributed by atoms with Gasteiger partial charge in [0, 0.05) is 13.8 Å². The minimum atomic E-state index is -2.38. The first-order chi connectivity index (χ1) is 42.7. The summed E-state index contributed by atoms with van der Waals surface area (Å²) in [5, 5.41) is 225. The quantitative estimate of drug-likeness (QED) is 0.0358. The van der Waals surface area contributed by atoms with Gasteiger partial charge >= 0.3 is 0 Å². The fraction of sp³-hybridized carbons (Fsp3) is 0.940. The van der Waals surface area contributed by atoms with Crippen molar-refractivity contribution in [1.29, 1.82) is 0 Å². The van der Waals surface area contributed by atoms with Crippen LogP contribution in [0.2, 0.25) is 0 Å². The fourth-order valence-electron chi connectivity index (χ4n) is 11.3. The van der Waals surface area contributed by atoms with Crippen molar-refractivity contribution in [2.75, 3.05) is 52.9 Å². The van der Waals surface area contributed by atoms with Crippen molar-refractivity contribution in [3.05, 3.63) is 0 Å². The van der Waals surface area contributed by atoms with E-state index in [1.54, 1.807) is 0 Å². The first kappa shape index (κ1) is 74.4. The average molecular weight is 1320 g/mol. The van der Waals surface area contributed by atoms with Gasteiger partial charge in [0.15, 0.2) is 44.0 Å². The molecule has 40 nitrogen and oxygen atoms in total. The van der Waals surface area contributed by atoms with Gasteiger partial charge in [-0.3, -0.25) is 14.4 Å². The van der Waals surface area contributed by atoms with E-state index in [0.717, 1.165) is 13.8 Å². The summed E-state index contributed by atoms with van der Waals surface area (Å²) >= 11 is 0. The third kappa shape index (κ3) is 16.5. The summed E-state index contributed by atoms with van der Waals surface area (Å²) in [4.78, 5) is 37.1. The number of nitrogens with one attached hydrogen (secondary N) is 3. The zero-order chi connectivity index (χ0) is 66.3. The van der Waals surface area contributed by atoms with Gasteiger partial charge in [-0.15, -0.1) is 0 Å². The molecule has 0 spiro atoms. The van der Waals surface area contributed by atoms with Crippen LogP contribution in [0.4, 0.5) is 0 Å². The van der Waals surface area contributed by atoms with Crippen LogP contribution in [0.1, 0.15) is 20.8 Å². The number of hydrogen-bond donors (Lipinski definition) is 23. The van der Waals surface area contributed by atoms with E-state index >= 15 is 0 Å². The van der Waals surface area contributed by atoms with E-state index in [9.17, 15) is 117 Å². The molecule has 7 fully saturated rings. The van der Waals surface area contributed by atoms with E-state index in [4.69, 9.17) is 66.3 Å². The standard InChI is InChI=1S/C50H85N3O37/c1-13-25(64)30(69)33(72)47(78-13)86-39-22(10-60)83-45(24(53-15(3)63)41(39)88-48-34(73)31(70)26(65)17(5-55)80-48)90-43-29(68)20(8-58)82-50(37(43)76)87-40-23(52-14(2)62)44(79-18(6-56)27(40)66)89-42-28(67)19(7-57)81-49(36(42)75)85-38-21(9-59)84-46(35(74)32(38)71)77-11-16(4-54)51-12-61/h12-13,16-50,54-60,64-76H,4-11H2,1-3H3,(H,51,61)(H,52,62)(H,53,63)/t13-,16+,17+,18+,19+,20+,21+,22+,23+,24+,25+,26-,27+,28-,29-,30+,31-,32+,33-,34+,35+,36+,37+,38+,39+,40+,41+,42-,43-,44-,45-,46+,47-,48-,49-,50-/m0/s1. The maximum Gasteiger partial charge on any atom is 0.217 e. The summed E-state index contributed by atoms with van der Waals surface area (Å²) in [7, 11) is 0. The molecule has 7 aliphatic heterocycles. The van der Waals surface area contributed by atoms with E-state index in [1.165, 1.54) is 6.92 Å². The Labute approximate surface area is 510 Å². The van der Waals surface area contributed by atoms with Crippen LogP contribution in [0.3, 0.4) is 0 Å². The first-order valence-corrected chi connectivity index (χ1v) is 28.7. The average Bonchev–Trinajstić information content (AvgIpc) is 0.810. The Kier molecular flexibility index (Phi) is 27.4. The maximum atomic E-state index is 13.1. The molecule has 7 heterocycles. The number of aliphatic hydroxyl groups is 20. The molecule has 0 aromatic rings. The van der Waals surface area contributed by atoms with E-state index in [0.29, 0.717) is 0 Å². The zero-order valence-electron chi connectivity index (χ0n) is 48.4. The summed E-state index contributed by atoms with van der Waals surface area (Å²) in [6.07, 6.45) is -64.4. The van der Waals surface area contributed by atoms with E-state index in [-0.39, 0.29) is 6.41 Å². The number of aliphatic hydroxyl groups excluding tert-OH is 20. The molecular weight excluding hydrogens is 1230 g/mol. The normalized spacial score (nSPS) is 48.1. The minimum Gasteiger partial charge on any atom is -0.394 e. The molecule has 0 aromatic heterocycles. The van der Waals surface area contributed by atoms with Crippen molar-refractivity contribution < 1.29 is 183 Å². The lowest BCUT2D eigenvalue weighted by atomic mass is 9.93. The van der Waals surface area contributed by atoms with Crippen molar-refractivity contribution >= 4 is 18.2 Å². The van der Waals surface area contributed by atoms with Gasteiger partial charge in [0.05, 0.1) is 65.0 Å². The predicted octanol–water partition coefficient (Wildman–Crippen LogP) is -15.8. The monoisotopic (exact) mass is 1320 g/mol. The van der Waals surface area contributed by atoms with Crippen LogP contribution in [0.25, 0.3) is 0 Å². The van der Waals surface area contributed by atoms with Gasteiger partial charge in [-0.2, -0.15) is 0 Å². The highest BCUT2D eigenvalue weighted by Crippen LogP contribution is 2.39. The molecule has 0 aliphatic carbocycles. The lowest BCUT2D eigenvalue weighted by Crippen LogP contribution is -2.72. The summed E-state index contributed by atoms with van der Waals surface area (Å²) in [6, 6.07) is -4.79. The SMILES string of the molecule is CC(=O)N[C@H]1[C@H](O[C@H]2[C@@H](O)[C@@H](CO)O[C@@H](O[C@H]3[C@H](O)[C@@H](CO)O[C@@H](O[C@H]4[C@@H](O)[C@@H](CO)O[C@@H](O[C@H]5[C@H](O)[C@@H](O)[C@H](OC[C@@H](CO)NC=O)O[C@@H]5CO)[C@@H]4O)[C@@H]3NC(C)=O)[C@@H]2O)O[C@H](CO)[C@@H](O[C@@H]2O[C@@H](C)[C@@H](O)[C@@H](O)[C@@H]2O)[C@@H]1O[C@@H]1O[C@H](CO)[C@H](O)[C@H](O)[C@H]1O. The maximum absolute atomic E-state index is 13.1. The Balaban J connectivity index is 1.16. The van der Waals surface area contributed by atoms with Crippen molar-refractivity contribution in [2.24, 2.45) is 0 Å². The molecule has 0 saturated carbocycles. The largest absolute Gasteiger partial charge is 0.394 e. The van der Waals surface area contributed by atoms with Crippen LogP contribution in [0, 0.1) is 0 Å². The van der Waals surface area contributed by atoms with Gasteiger partial charge in [0.2, 0.25) is 18.2 Å². The van der Waals surface area contributed by atoms with Gasteiger partial charge in [-0.05, 0) is 6.92 Å². The molecule has 0 bridgehead atoms. The van der Waals surface area contributed by atoms with Gasteiger partial charge in [-0.1, -0.05) is 0 Å². The second-order valence-corrected chi connectivity index (χ2v) is 22.5. The lowest BCUT2D eigenvalue weighted by molar-refractivity contribution is -0.392. The van der Waals surface area contributed by atoms with E-state index in [1.807, 2.05) is 0 Å². The molecule has 522 valence electrons. The van der Waals surface area contributed by atoms with Crippen LogP contribution in [-0.4, -0.2) is 394 Å². The number of carbonyl (C=O) groups is 3. The fourth-order valence-corrected chi connectivity index (χ4v) is 11.3. The second kappa shape index (κ2) is 33.1. The summed E-state index contributed by atoms with van der Waals surface area (Å²) in [5.41, 5.74) is 0. The highest BCUT2D eigenvalue weighted by Gasteiger charge is 2.60. The van der Waals surface area contributed by atoms with Crippen molar-refractivity contribution in [1.82, 2.24) is 16.0 Å². The number of carbonyl (C=O) groups excluding carboxylic acids is 3. The third-order valence-corrected chi connectivity index (χ3v) is 16.3. The molecule has 3 amide bonds. The number of amides is 3. The smallest absolute Gasteiger partial charge is 0.217 e. The topological polar surface area (TPSA) is 621 Å². The van der Waals surface area contributed by atoms with Gasteiger partial charge < -0.3 is 184 Å². The Morgan fingerprint density at radius 3 is 1.19 bits per heavy atom. The molecule has 7 aliphatic rings. The van der Waals surface area contributed by atoms with Crippen LogP contribution in [0.15, 0.2) is 0 Å². The summed E-state index contributed by atoms with van der Waals surface area (Å²) < 4.78 is 82.0. The van der Waals surface area contributed by atoms with Gasteiger partial charge in [0.25, 0.3) is 0 Å². The molecule has 36 atom stereocenters. The number of ether oxygens (including phenoxy) is 14. The Hall–Kier alpha value is -2.95. The van der Waals surface area contributed by atoms with Gasteiger partial charge in [-0.25, -0.2) is 0 Å². The Bertz CT molecular complexity index is 2220. The van der Waals surface area contributed by atoms with Crippen LogP contribution in [0.5, 0.6) is 0 Å². The van der Waals surface area contributed by atoms with Crippen LogP contribution < -0.4 is 16.0 Å². The molecule has 7 rings (SSSR count). The third-order valence-electron chi connectivity index (χ3n) is 16.3. The van der Waals surface area contributed by atoms with Crippen LogP contribution in [-0.2, 0) is 80.7 Å². The molecule has 23 N–H and O–H groups in total. The molecule has 7 saturated heterocycles. The Morgan fingerprint density at radius 1 is 0.378 bits per heavy atom. The number of hydrogen-bond acceptors (Lipinski definition) is 37. The number of rotatable bonds is 26. The van der Waals surface area contributed by atoms with Crippen molar-refractivity contribution in [3.8, 4) is 0 Å². The van der Waals surface area contributed by atoms with Crippen LogP contribution >= 0.6 is 0 Å². The minimum absolute atomic E-state index is 0.264. The molecule has 90 heavy (non-hydrogen) atoms. The van der Waals surface area contributed by atoms with E-state index < -0.39 is 286 Å². The lowest BCUT2D eigenvalue weighted by Gasteiger charge is -2.52. The van der Waals surface area contributed by atoms with Gasteiger partial charge in [0.1, 0.15) is 165 Å².